The SMILES string of the molecule is CC(C)NC(=O)N1CCC2(CC2C(=O)Nc2cccnc2)C1. The number of hydrogen-bond acceptors (Lipinski definition) is 3. The lowest BCUT2D eigenvalue weighted by atomic mass is 10.0. The molecule has 1 aliphatic carbocycles. The highest BCUT2D eigenvalue weighted by Crippen LogP contribution is 2.58. The molecule has 2 atom stereocenters. The van der Waals surface area contributed by atoms with Crippen molar-refractivity contribution in [3.05, 3.63) is 24.5 Å². The maximum atomic E-state index is 12.3. The molecule has 1 saturated carbocycles. The third-order valence-electron chi connectivity index (χ3n) is 4.52. The summed E-state index contributed by atoms with van der Waals surface area (Å²) in [5.74, 6) is 0.0451. The summed E-state index contributed by atoms with van der Waals surface area (Å²) >= 11 is 0. The zero-order chi connectivity index (χ0) is 15.7. The second-order valence-electron chi connectivity index (χ2n) is 6.63. The van der Waals surface area contributed by atoms with Gasteiger partial charge in [0.1, 0.15) is 0 Å². The number of anilines is 1. The summed E-state index contributed by atoms with van der Waals surface area (Å²) in [6.45, 7) is 5.31. The normalized spacial score (nSPS) is 26.3. The van der Waals surface area contributed by atoms with Crippen LogP contribution in [0.15, 0.2) is 24.5 Å². The van der Waals surface area contributed by atoms with Gasteiger partial charge in [-0.15, -0.1) is 0 Å². The summed E-state index contributed by atoms with van der Waals surface area (Å²) < 4.78 is 0. The molecule has 1 aliphatic heterocycles. The first-order valence-corrected chi connectivity index (χ1v) is 7.76. The third kappa shape index (κ3) is 2.91. The van der Waals surface area contributed by atoms with E-state index in [0.29, 0.717) is 6.54 Å². The van der Waals surface area contributed by atoms with Crippen molar-refractivity contribution in [1.29, 1.82) is 0 Å². The molecule has 0 radical (unpaired) electrons. The fourth-order valence-electron chi connectivity index (χ4n) is 3.24. The predicted octanol–water partition coefficient (Wildman–Crippen LogP) is 1.85. The van der Waals surface area contributed by atoms with Gasteiger partial charge in [0.15, 0.2) is 0 Å². The zero-order valence-electron chi connectivity index (χ0n) is 13.0. The Labute approximate surface area is 130 Å². The van der Waals surface area contributed by atoms with Gasteiger partial charge in [0, 0.05) is 36.7 Å². The molecule has 2 aliphatic rings. The fourth-order valence-corrected chi connectivity index (χ4v) is 3.24. The number of likely N-dealkylation sites (tertiary alicyclic amines) is 1. The van der Waals surface area contributed by atoms with Gasteiger partial charge in [0.25, 0.3) is 0 Å². The van der Waals surface area contributed by atoms with E-state index in [2.05, 4.69) is 15.6 Å². The highest BCUT2D eigenvalue weighted by Gasteiger charge is 2.61. The lowest BCUT2D eigenvalue weighted by Gasteiger charge is -2.19. The van der Waals surface area contributed by atoms with Crippen LogP contribution in [0.1, 0.15) is 26.7 Å². The minimum absolute atomic E-state index is 0.00422. The number of aromatic nitrogens is 1. The van der Waals surface area contributed by atoms with Crippen LogP contribution in [0.4, 0.5) is 10.5 Å². The number of carbonyl (C=O) groups is 2. The van der Waals surface area contributed by atoms with Gasteiger partial charge < -0.3 is 15.5 Å². The second kappa shape index (κ2) is 5.59. The van der Waals surface area contributed by atoms with E-state index >= 15 is 0 Å². The Bertz CT molecular complexity index is 575. The molecule has 6 nitrogen and oxygen atoms in total. The van der Waals surface area contributed by atoms with E-state index < -0.39 is 0 Å². The highest BCUT2D eigenvalue weighted by molar-refractivity contribution is 5.95. The van der Waals surface area contributed by atoms with Gasteiger partial charge in [-0.25, -0.2) is 4.79 Å². The average Bonchev–Trinajstić information content (AvgIpc) is 3.00. The number of hydrogen-bond donors (Lipinski definition) is 2. The fraction of sp³-hybridized carbons (Fsp3) is 0.562. The van der Waals surface area contributed by atoms with Gasteiger partial charge in [-0.2, -0.15) is 0 Å². The molecule has 2 fully saturated rings. The standard InChI is InChI=1S/C16H22N4O2/c1-11(2)18-15(22)20-7-5-16(10-20)8-13(16)14(21)19-12-4-3-6-17-9-12/h3-4,6,9,11,13H,5,7-8,10H2,1-2H3,(H,18,22)(H,19,21). The van der Waals surface area contributed by atoms with Crippen molar-refractivity contribution in [2.24, 2.45) is 11.3 Å². The number of rotatable bonds is 3. The molecule has 3 amide bonds. The molecule has 2 unspecified atom stereocenters. The largest absolute Gasteiger partial charge is 0.336 e. The van der Waals surface area contributed by atoms with Gasteiger partial charge >= 0.3 is 6.03 Å². The van der Waals surface area contributed by atoms with Crippen molar-refractivity contribution in [3.8, 4) is 0 Å². The Kier molecular flexibility index (Phi) is 3.76. The molecule has 0 bridgehead atoms. The quantitative estimate of drug-likeness (QED) is 0.895. The molecule has 1 aromatic heterocycles. The molecule has 2 heterocycles. The zero-order valence-corrected chi connectivity index (χ0v) is 13.0. The molecular formula is C16H22N4O2. The summed E-state index contributed by atoms with van der Waals surface area (Å²) in [6.07, 6.45) is 5.09. The topological polar surface area (TPSA) is 74.3 Å². The lowest BCUT2D eigenvalue weighted by Crippen LogP contribution is -2.42. The number of nitrogens with zero attached hydrogens (tertiary/aromatic N) is 2. The van der Waals surface area contributed by atoms with Crippen molar-refractivity contribution in [2.45, 2.75) is 32.7 Å². The maximum Gasteiger partial charge on any atom is 0.317 e. The van der Waals surface area contributed by atoms with Crippen LogP contribution in [0.25, 0.3) is 0 Å². The lowest BCUT2D eigenvalue weighted by molar-refractivity contribution is -0.118. The van der Waals surface area contributed by atoms with Gasteiger partial charge in [0.05, 0.1) is 11.9 Å². The van der Waals surface area contributed by atoms with Crippen LogP contribution in [-0.2, 0) is 4.79 Å². The van der Waals surface area contributed by atoms with E-state index in [0.717, 1.165) is 25.1 Å². The van der Waals surface area contributed by atoms with Crippen molar-refractivity contribution in [1.82, 2.24) is 15.2 Å². The molecular weight excluding hydrogens is 280 g/mol. The van der Waals surface area contributed by atoms with Gasteiger partial charge in [0.2, 0.25) is 5.91 Å². The summed E-state index contributed by atoms with van der Waals surface area (Å²) in [5, 5.41) is 5.82. The van der Waals surface area contributed by atoms with Crippen molar-refractivity contribution in [3.63, 3.8) is 0 Å². The highest BCUT2D eigenvalue weighted by atomic mass is 16.2. The van der Waals surface area contributed by atoms with E-state index in [-0.39, 0.29) is 29.3 Å². The minimum atomic E-state index is -0.0230. The average molecular weight is 302 g/mol. The number of amides is 3. The monoisotopic (exact) mass is 302 g/mol. The molecule has 0 aromatic carbocycles. The van der Waals surface area contributed by atoms with E-state index in [1.54, 1.807) is 18.5 Å². The van der Waals surface area contributed by atoms with Gasteiger partial charge in [-0.05, 0) is 38.8 Å². The first-order valence-electron chi connectivity index (χ1n) is 7.76. The van der Waals surface area contributed by atoms with Crippen LogP contribution in [0.5, 0.6) is 0 Å². The Morgan fingerprint density at radius 3 is 2.95 bits per heavy atom. The summed E-state index contributed by atoms with van der Waals surface area (Å²) in [5.41, 5.74) is 0.711. The second-order valence-corrected chi connectivity index (χ2v) is 6.63. The van der Waals surface area contributed by atoms with Crippen molar-refractivity contribution in [2.75, 3.05) is 18.4 Å². The Hall–Kier alpha value is -2.11. The summed E-state index contributed by atoms with van der Waals surface area (Å²) in [4.78, 5) is 30.2. The molecule has 1 aromatic rings. The molecule has 22 heavy (non-hydrogen) atoms. The van der Waals surface area contributed by atoms with Crippen LogP contribution in [0.3, 0.4) is 0 Å². The molecule has 1 saturated heterocycles. The Morgan fingerprint density at radius 2 is 2.27 bits per heavy atom. The minimum Gasteiger partial charge on any atom is -0.336 e. The number of carbonyl (C=O) groups excluding carboxylic acids is 2. The van der Waals surface area contributed by atoms with Crippen LogP contribution >= 0.6 is 0 Å². The van der Waals surface area contributed by atoms with E-state index in [9.17, 15) is 9.59 Å². The first-order chi connectivity index (χ1) is 10.5. The maximum absolute atomic E-state index is 12.3. The predicted molar refractivity (Wildman–Crippen MR) is 83.3 cm³/mol. The van der Waals surface area contributed by atoms with Crippen LogP contribution in [-0.4, -0.2) is 41.0 Å². The molecule has 3 rings (SSSR count). The molecule has 1 spiro atoms. The third-order valence-corrected chi connectivity index (χ3v) is 4.52. The van der Waals surface area contributed by atoms with Crippen LogP contribution in [0, 0.1) is 11.3 Å². The van der Waals surface area contributed by atoms with Gasteiger partial charge in [-0.1, -0.05) is 0 Å². The van der Waals surface area contributed by atoms with E-state index in [1.807, 2.05) is 24.8 Å². The number of pyridine rings is 1. The van der Waals surface area contributed by atoms with E-state index in [4.69, 9.17) is 0 Å². The molecule has 118 valence electrons. The van der Waals surface area contributed by atoms with E-state index in [1.165, 1.54) is 0 Å². The first kappa shape index (κ1) is 14.8. The van der Waals surface area contributed by atoms with Crippen LogP contribution in [0.2, 0.25) is 0 Å². The molecule has 6 heteroatoms. The van der Waals surface area contributed by atoms with Crippen LogP contribution < -0.4 is 10.6 Å². The Morgan fingerprint density at radius 1 is 1.45 bits per heavy atom. The summed E-state index contributed by atoms with van der Waals surface area (Å²) in [6, 6.07) is 3.74. The van der Waals surface area contributed by atoms with Crippen molar-refractivity contribution < 1.29 is 9.59 Å². The summed E-state index contributed by atoms with van der Waals surface area (Å²) in [7, 11) is 0. The number of nitrogens with one attached hydrogen (secondary N) is 2. The number of urea groups is 1. The molecule has 2 N–H and O–H groups in total. The Balaban J connectivity index is 1.55. The van der Waals surface area contributed by atoms with Crippen molar-refractivity contribution >= 4 is 17.6 Å². The van der Waals surface area contributed by atoms with Gasteiger partial charge in [-0.3, -0.25) is 9.78 Å². The smallest absolute Gasteiger partial charge is 0.317 e.